The number of anilines is 1. The minimum absolute atomic E-state index is 0.00125. The molecule has 1 fully saturated rings. The number of hydrogen-bond donors (Lipinski definition) is 0. The lowest BCUT2D eigenvalue weighted by Gasteiger charge is -2.37. The van der Waals surface area contributed by atoms with Crippen LogP contribution in [-0.2, 0) is 10.2 Å². The van der Waals surface area contributed by atoms with E-state index in [1.54, 1.807) is 19.1 Å². The molecule has 0 N–H and O–H groups in total. The normalized spacial score (nSPS) is 16.0. The fourth-order valence-corrected chi connectivity index (χ4v) is 3.38. The van der Waals surface area contributed by atoms with Gasteiger partial charge in [-0.2, -0.15) is 0 Å². The van der Waals surface area contributed by atoms with Gasteiger partial charge in [0.1, 0.15) is 11.6 Å². The zero-order chi connectivity index (χ0) is 20.3. The van der Waals surface area contributed by atoms with Gasteiger partial charge in [0.05, 0.1) is 0 Å². The Bertz CT molecular complexity index is 789. The zero-order valence-corrected chi connectivity index (χ0v) is 17.1. The third kappa shape index (κ3) is 4.83. The maximum absolute atomic E-state index is 13.1. The van der Waals surface area contributed by atoms with Crippen molar-refractivity contribution in [3.05, 3.63) is 59.9 Å². The first kappa shape index (κ1) is 20.2. The molecule has 2 aromatic carbocycles. The van der Waals surface area contributed by atoms with E-state index in [4.69, 9.17) is 4.74 Å². The van der Waals surface area contributed by atoms with Crippen LogP contribution in [0.3, 0.4) is 0 Å². The fourth-order valence-electron chi connectivity index (χ4n) is 3.38. The topological polar surface area (TPSA) is 32.8 Å². The van der Waals surface area contributed by atoms with Crippen LogP contribution in [0.15, 0.2) is 48.5 Å². The van der Waals surface area contributed by atoms with Crippen molar-refractivity contribution in [2.45, 2.75) is 39.2 Å². The molecule has 28 heavy (non-hydrogen) atoms. The number of amides is 1. The lowest BCUT2D eigenvalue weighted by molar-refractivity contribution is -0.138. The molecule has 1 amide bonds. The molecule has 0 aliphatic carbocycles. The summed E-state index contributed by atoms with van der Waals surface area (Å²) in [6.07, 6.45) is -0.530. The Morgan fingerprint density at radius 3 is 2.07 bits per heavy atom. The molecule has 0 spiro atoms. The van der Waals surface area contributed by atoms with Gasteiger partial charge in [0.2, 0.25) is 0 Å². The quantitative estimate of drug-likeness (QED) is 0.790. The SMILES string of the molecule is CC(Oc1ccc(C(C)(C)C)cc1)C(=O)N1CCN(c2ccc(F)cc2)CC1. The van der Waals surface area contributed by atoms with Gasteiger partial charge in [-0.1, -0.05) is 32.9 Å². The van der Waals surface area contributed by atoms with Gasteiger partial charge in [0.15, 0.2) is 6.10 Å². The first-order valence-corrected chi connectivity index (χ1v) is 9.80. The van der Waals surface area contributed by atoms with E-state index in [-0.39, 0.29) is 17.1 Å². The molecule has 3 rings (SSSR count). The van der Waals surface area contributed by atoms with Crippen molar-refractivity contribution in [1.82, 2.24) is 4.90 Å². The van der Waals surface area contributed by atoms with Crippen LogP contribution in [0.25, 0.3) is 0 Å². The standard InChI is InChI=1S/C23H29FN2O2/c1-17(28-21-11-5-18(6-12-21)23(2,3)4)22(27)26-15-13-25(14-16-26)20-9-7-19(24)8-10-20/h5-12,17H,13-16H2,1-4H3. The largest absolute Gasteiger partial charge is 0.481 e. The van der Waals surface area contributed by atoms with Gasteiger partial charge in [0.25, 0.3) is 5.91 Å². The van der Waals surface area contributed by atoms with Crippen molar-refractivity contribution < 1.29 is 13.9 Å². The number of ether oxygens (including phenoxy) is 1. The maximum Gasteiger partial charge on any atom is 0.263 e. The minimum atomic E-state index is -0.530. The summed E-state index contributed by atoms with van der Waals surface area (Å²) in [7, 11) is 0. The highest BCUT2D eigenvalue weighted by Gasteiger charge is 2.26. The summed E-state index contributed by atoms with van der Waals surface area (Å²) in [5, 5.41) is 0. The van der Waals surface area contributed by atoms with E-state index in [2.05, 4.69) is 25.7 Å². The molecule has 0 bridgehead atoms. The van der Waals surface area contributed by atoms with E-state index in [1.165, 1.54) is 17.7 Å². The second-order valence-corrected chi connectivity index (χ2v) is 8.32. The summed E-state index contributed by atoms with van der Waals surface area (Å²) in [5.74, 6) is 0.469. The summed E-state index contributed by atoms with van der Waals surface area (Å²) in [5.41, 5.74) is 2.30. The van der Waals surface area contributed by atoms with Gasteiger partial charge < -0.3 is 14.5 Å². The molecule has 1 atom stereocenters. The zero-order valence-electron chi connectivity index (χ0n) is 17.1. The lowest BCUT2D eigenvalue weighted by atomic mass is 9.87. The van der Waals surface area contributed by atoms with Crippen LogP contribution < -0.4 is 9.64 Å². The van der Waals surface area contributed by atoms with Crippen molar-refractivity contribution in [3.63, 3.8) is 0 Å². The molecule has 1 saturated heterocycles. The smallest absolute Gasteiger partial charge is 0.263 e. The van der Waals surface area contributed by atoms with Crippen LogP contribution in [0.2, 0.25) is 0 Å². The molecule has 5 heteroatoms. The Balaban J connectivity index is 1.53. The Labute approximate surface area is 166 Å². The summed E-state index contributed by atoms with van der Waals surface area (Å²) < 4.78 is 19.0. The maximum atomic E-state index is 13.1. The van der Waals surface area contributed by atoms with E-state index in [0.717, 1.165) is 18.8 Å². The summed E-state index contributed by atoms with van der Waals surface area (Å²) >= 11 is 0. The minimum Gasteiger partial charge on any atom is -0.481 e. The predicted octanol–water partition coefficient (Wildman–Crippen LogP) is 4.24. The molecule has 1 heterocycles. The van der Waals surface area contributed by atoms with Crippen molar-refractivity contribution in [2.75, 3.05) is 31.1 Å². The van der Waals surface area contributed by atoms with Gasteiger partial charge in [-0.15, -0.1) is 0 Å². The molecule has 1 aliphatic rings. The first-order valence-electron chi connectivity index (χ1n) is 9.80. The third-order valence-corrected chi connectivity index (χ3v) is 5.16. The van der Waals surface area contributed by atoms with Gasteiger partial charge in [-0.05, 0) is 54.3 Å². The number of hydrogen-bond acceptors (Lipinski definition) is 3. The number of carbonyl (C=O) groups excluding carboxylic acids is 1. The van der Waals surface area contributed by atoms with Crippen LogP contribution in [0.1, 0.15) is 33.3 Å². The second kappa shape index (κ2) is 8.21. The number of piperazine rings is 1. The van der Waals surface area contributed by atoms with Crippen LogP contribution >= 0.6 is 0 Å². The highest BCUT2D eigenvalue weighted by atomic mass is 19.1. The fraction of sp³-hybridized carbons (Fsp3) is 0.435. The van der Waals surface area contributed by atoms with Crippen molar-refractivity contribution in [2.24, 2.45) is 0 Å². The molecule has 1 unspecified atom stereocenters. The first-order chi connectivity index (χ1) is 13.2. The Kier molecular flexibility index (Phi) is 5.92. The molecule has 4 nitrogen and oxygen atoms in total. The van der Waals surface area contributed by atoms with Crippen LogP contribution in [-0.4, -0.2) is 43.1 Å². The average molecular weight is 384 g/mol. The monoisotopic (exact) mass is 384 g/mol. The van der Waals surface area contributed by atoms with Crippen molar-refractivity contribution in [1.29, 1.82) is 0 Å². The third-order valence-electron chi connectivity index (χ3n) is 5.16. The number of halogens is 1. The van der Waals surface area contributed by atoms with Crippen LogP contribution in [0, 0.1) is 5.82 Å². The summed E-state index contributed by atoms with van der Waals surface area (Å²) in [6, 6.07) is 14.4. The second-order valence-electron chi connectivity index (χ2n) is 8.32. The molecular weight excluding hydrogens is 355 g/mol. The molecule has 2 aromatic rings. The van der Waals surface area contributed by atoms with Gasteiger partial charge in [-0.3, -0.25) is 4.79 Å². The number of benzene rings is 2. The highest BCUT2D eigenvalue weighted by molar-refractivity contribution is 5.81. The molecule has 1 aliphatic heterocycles. The Hall–Kier alpha value is -2.56. The number of rotatable bonds is 4. The summed E-state index contributed by atoms with van der Waals surface area (Å²) in [6.45, 7) is 11.0. The van der Waals surface area contributed by atoms with Crippen LogP contribution in [0.4, 0.5) is 10.1 Å². The lowest BCUT2D eigenvalue weighted by Crippen LogP contribution is -2.52. The van der Waals surface area contributed by atoms with Gasteiger partial charge in [0, 0.05) is 31.9 Å². The van der Waals surface area contributed by atoms with Crippen LogP contribution in [0.5, 0.6) is 5.75 Å². The van der Waals surface area contributed by atoms with E-state index in [0.29, 0.717) is 18.8 Å². The van der Waals surface area contributed by atoms with Gasteiger partial charge >= 0.3 is 0 Å². The van der Waals surface area contributed by atoms with Crippen molar-refractivity contribution in [3.8, 4) is 5.75 Å². The van der Waals surface area contributed by atoms with E-state index in [1.807, 2.05) is 29.2 Å². The van der Waals surface area contributed by atoms with E-state index < -0.39 is 6.10 Å². The van der Waals surface area contributed by atoms with Crippen molar-refractivity contribution >= 4 is 11.6 Å². The average Bonchev–Trinajstić information content (AvgIpc) is 2.68. The Morgan fingerprint density at radius 2 is 1.54 bits per heavy atom. The highest BCUT2D eigenvalue weighted by Crippen LogP contribution is 2.25. The van der Waals surface area contributed by atoms with Gasteiger partial charge in [-0.25, -0.2) is 4.39 Å². The molecule has 0 radical (unpaired) electrons. The number of nitrogens with zero attached hydrogens (tertiary/aromatic N) is 2. The molecular formula is C23H29FN2O2. The molecule has 0 saturated carbocycles. The van der Waals surface area contributed by atoms with E-state index in [9.17, 15) is 9.18 Å². The molecule has 0 aromatic heterocycles. The Morgan fingerprint density at radius 1 is 0.964 bits per heavy atom. The summed E-state index contributed by atoms with van der Waals surface area (Å²) in [4.78, 5) is 16.8. The predicted molar refractivity (Wildman–Crippen MR) is 110 cm³/mol. The molecule has 150 valence electrons. The number of carbonyl (C=O) groups is 1. The van der Waals surface area contributed by atoms with E-state index >= 15 is 0 Å².